The molecule has 0 aliphatic heterocycles. The van der Waals surface area contributed by atoms with Crippen molar-refractivity contribution in [2.24, 2.45) is 0 Å². The van der Waals surface area contributed by atoms with Gasteiger partial charge in [0, 0.05) is 5.56 Å². The molecule has 0 spiro atoms. The van der Waals surface area contributed by atoms with Crippen LogP contribution in [-0.4, -0.2) is 34.6 Å². The van der Waals surface area contributed by atoms with Crippen LogP contribution in [0.1, 0.15) is 24.6 Å². The van der Waals surface area contributed by atoms with Crippen molar-refractivity contribution in [2.45, 2.75) is 19.5 Å². The number of alkyl halides is 3. The predicted molar refractivity (Wildman–Crippen MR) is 97.7 cm³/mol. The number of nitriles is 1. The minimum atomic E-state index is -4.58. The second-order valence-electron chi connectivity index (χ2n) is 6.03. The second kappa shape index (κ2) is 8.27. The average Bonchev–Trinajstić information content (AvgIpc) is 3.15. The van der Waals surface area contributed by atoms with Crippen molar-refractivity contribution in [3.05, 3.63) is 41.9 Å². The van der Waals surface area contributed by atoms with Gasteiger partial charge in [-0.05, 0) is 43.8 Å². The topological polar surface area (TPSA) is 86.6 Å². The van der Waals surface area contributed by atoms with Crippen LogP contribution in [-0.2, 0) is 6.18 Å². The molecule has 146 valence electrons. The lowest BCUT2D eigenvalue weighted by Crippen LogP contribution is -2.17. The number of pyridine rings is 1. The monoisotopic (exact) mass is 389 g/mol. The van der Waals surface area contributed by atoms with Crippen molar-refractivity contribution < 1.29 is 17.9 Å². The van der Waals surface area contributed by atoms with E-state index in [2.05, 4.69) is 20.3 Å². The number of fused-ring (bicyclic) bond motifs is 1. The van der Waals surface area contributed by atoms with Crippen LogP contribution in [0, 0.1) is 11.3 Å². The molecule has 0 amide bonds. The SMILES string of the molecule is CCNCCCOc1ccc(-c2cc3[nH]cnc3c(C#N)n2)cc1C(F)(F)F. The molecule has 3 aromatic rings. The summed E-state index contributed by atoms with van der Waals surface area (Å²) in [6.07, 6.45) is -2.58. The van der Waals surface area contributed by atoms with E-state index in [-0.39, 0.29) is 29.3 Å². The van der Waals surface area contributed by atoms with Crippen molar-refractivity contribution in [1.82, 2.24) is 20.3 Å². The smallest absolute Gasteiger partial charge is 0.419 e. The van der Waals surface area contributed by atoms with E-state index in [0.29, 0.717) is 24.0 Å². The molecule has 2 heterocycles. The largest absolute Gasteiger partial charge is 0.493 e. The molecule has 3 rings (SSSR count). The molecule has 9 heteroatoms. The highest BCUT2D eigenvalue weighted by Gasteiger charge is 2.35. The third-order valence-electron chi connectivity index (χ3n) is 4.10. The molecule has 0 saturated carbocycles. The Morgan fingerprint density at radius 2 is 2.11 bits per heavy atom. The van der Waals surface area contributed by atoms with Gasteiger partial charge in [-0.15, -0.1) is 0 Å². The summed E-state index contributed by atoms with van der Waals surface area (Å²) in [5.41, 5.74) is 0.559. The number of halogens is 3. The first-order valence-electron chi connectivity index (χ1n) is 8.73. The molecule has 28 heavy (non-hydrogen) atoms. The summed E-state index contributed by atoms with van der Waals surface area (Å²) in [5.74, 6) is -0.226. The minimum absolute atomic E-state index is 0.0473. The Labute approximate surface area is 159 Å². The fraction of sp³-hybridized carbons (Fsp3) is 0.316. The number of imidazole rings is 1. The zero-order valence-corrected chi connectivity index (χ0v) is 15.1. The average molecular weight is 389 g/mol. The number of aromatic nitrogens is 3. The van der Waals surface area contributed by atoms with E-state index in [9.17, 15) is 18.4 Å². The number of hydrogen-bond acceptors (Lipinski definition) is 5. The van der Waals surface area contributed by atoms with Gasteiger partial charge in [-0.25, -0.2) is 9.97 Å². The van der Waals surface area contributed by atoms with Crippen LogP contribution >= 0.6 is 0 Å². The number of nitrogens with zero attached hydrogens (tertiary/aromatic N) is 3. The van der Waals surface area contributed by atoms with Crippen LogP contribution in [0.3, 0.4) is 0 Å². The molecule has 0 aliphatic rings. The molecule has 0 radical (unpaired) electrons. The van der Waals surface area contributed by atoms with Crippen LogP contribution in [0.2, 0.25) is 0 Å². The summed E-state index contributed by atoms with van der Waals surface area (Å²) in [4.78, 5) is 11.0. The zero-order chi connectivity index (χ0) is 20.1. The third-order valence-corrected chi connectivity index (χ3v) is 4.10. The maximum atomic E-state index is 13.5. The molecule has 0 aliphatic carbocycles. The van der Waals surface area contributed by atoms with Gasteiger partial charge in [-0.2, -0.15) is 18.4 Å². The third kappa shape index (κ3) is 4.23. The zero-order valence-electron chi connectivity index (χ0n) is 15.1. The van der Waals surface area contributed by atoms with Crippen LogP contribution < -0.4 is 10.1 Å². The van der Waals surface area contributed by atoms with Crippen molar-refractivity contribution in [2.75, 3.05) is 19.7 Å². The van der Waals surface area contributed by atoms with E-state index in [1.807, 2.05) is 13.0 Å². The summed E-state index contributed by atoms with van der Waals surface area (Å²) in [6.45, 7) is 3.59. The number of ether oxygens (including phenoxy) is 1. The highest BCUT2D eigenvalue weighted by Crippen LogP contribution is 2.39. The van der Waals surface area contributed by atoms with Crippen molar-refractivity contribution in [3.8, 4) is 23.1 Å². The van der Waals surface area contributed by atoms with E-state index in [1.54, 1.807) is 6.07 Å². The standard InChI is InChI=1S/C19H18F3N5O/c1-2-24-6-3-7-28-17-5-4-12(8-13(17)19(20,21)22)14-9-15-18(26-11-25-15)16(10-23)27-14/h4-5,8-9,11,24H,2-3,6-7H2,1H3,(H,25,26). The molecule has 0 saturated heterocycles. The lowest BCUT2D eigenvalue weighted by Gasteiger charge is -2.15. The van der Waals surface area contributed by atoms with Gasteiger partial charge in [-0.1, -0.05) is 6.92 Å². The van der Waals surface area contributed by atoms with Crippen molar-refractivity contribution in [1.29, 1.82) is 5.26 Å². The van der Waals surface area contributed by atoms with E-state index in [4.69, 9.17) is 4.74 Å². The molecule has 0 unspecified atom stereocenters. The summed E-state index contributed by atoms with van der Waals surface area (Å²) in [6, 6.07) is 7.27. The van der Waals surface area contributed by atoms with Gasteiger partial charge >= 0.3 is 6.18 Å². The van der Waals surface area contributed by atoms with Gasteiger partial charge in [0.25, 0.3) is 0 Å². The van der Waals surface area contributed by atoms with Crippen LogP contribution in [0.4, 0.5) is 13.2 Å². The molecule has 1 aromatic carbocycles. The summed E-state index contributed by atoms with van der Waals surface area (Å²) < 4.78 is 46.0. The fourth-order valence-electron chi connectivity index (χ4n) is 2.76. The number of aromatic amines is 1. The molecule has 0 atom stereocenters. The molecule has 0 bridgehead atoms. The van der Waals surface area contributed by atoms with Crippen LogP contribution in [0.15, 0.2) is 30.6 Å². The summed E-state index contributed by atoms with van der Waals surface area (Å²) in [7, 11) is 0. The molecular formula is C19H18F3N5O. The van der Waals surface area contributed by atoms with Gasteiger partial charge in [0.2, 0.25) is 0 Å². The highest BCUT2D eigenvalue weighted by molar-refractivity contribution is 5.83. The van der Waals surface area contributed by atoms with Crippen molar-refractivity contribution >= 4 is 11.0 Å². The number of rotatable bonds is 7. The maximum Gasteiger partial charge on any atom is 0.419 e. The minimum Gasteiger partial charge on any atom is -0.493 e. The van der Waals surface area contributed by atoms with Crippen LogP contribution in [0.5, 0.6) is 5.75 Å². The molecule has 2 N–H and O–H groups in total. The normalized spacial score (nSPS) is 11.5. The Kier molecular flexibility index (Phi) is 5.80. The number of hydrogen-bond donors (Lipinski definition) is 2. The quantitative estimate of drug-likeness (QED) is 0.599. The molecular weight excluding hydrogens is 371 g/mol. The fourth-order valence-corrected chi connectivity index (χ4v) is 2.76. The Balaban J connectivity index is 1.94. The maximum absolute atomic E-state index is 13.5. The number of benzene rings is 1. The molecule has 2 aromatic heterocycles. The van der Waals surface area contributed by atoms with Gasteiger partial charge in [0.15, 0.2) is 5.69 Å². The van der Waals surface area contributed by atoms with Gasteiger partial charge < -0.3 is 15.0 Å². The van der Waals surface area contributed by atoms with E-state index in [0.717, 1.165) is 12.6 Å². The Morgan fingerprint density at radius 3 is 2.82 bits per heavy atom. The highest BCUT2D eigenvalue weighted by atomic mass is 19.4. The van der Waals surface area contributed by atoms with Crippen molar-refractivity contribution in [3.63, 3.8) is 0 Å². The van der Waals surface area contributed by atoms with Gasteiger partial charge in [0.1, 0.15) is 17.3 Å². The van der Waals surface area contributed by atoms with E-state index < -0.39 is 11.7 Å². The first-order valence-corrected chi connectivity index (χ1v) is 8.73. The Hall–Kier alpha value is -3.12. The van der Waals surface area contributed by atoms with Crippen LogP contribution in [0.25, 0.3) is 22.3 Å². The predicted octanol–water partition coefficient (Wildman–Crippen LogP) is 3.89. The lowest BCUT2D eigenvalue weighted by atomic mass is 10.1. The first kappa shape index (κ1) is 19.6. The van der Waals surface area contributed by atoms with E-state index in [1.165, 1.54) is 18.5 Å². The second-order valence-corrected chi connectivity index (χ2v) is 6.03. The summed E-state index contributed by atoms with van der Waals surface area (Å²) >= 11 is 0. The number of nitrogens with one attached hydrogen (secondary N) is 2. The first-order chi connectivity index (χ1) is 13.4. The Morgan fingerprint density at radius 1 is 1.29 bits per heavy atom. The molecule has 0 fully saturated rings. The molecule has 6 nitrogen and oxygen atoms in total. The summed E-state index contributed by atoms with van der Waals surface area (Å²) in [5, 5.41) is 12.3. The number of H-pyrrole nitrogens is 1. The lowest BCUT2D eigenvalue weighted by molar-refractivity contribution is -0.138. The van der Waals surface area contributed by atoms with E-state index >= 15 is 0 Å². The van der Waals surface area contributed by atoms with Gasteiger partial charge in [0.05, 0.1) is 29.7 Å². The van der Waals surface area contributed by atoms with Gasteiger partial charge in [-0.3, -0.25) is 0 Å². The Bertz CT molecular complexity index is 1010.